The molecule has 0 unspecified atom stereocenters. The second kappa shape index (κ2) is 7.40. The van der Waals surface area contributed by atoms with Crippen LogP contribution in [0.1, 0.15) is 48.0 Å². The lowest BCUT2D eigenvalue weighted by Gasteiger charge is -2.30. The second-order valence-electron chi connectivity index (χ2n) is 7.01. The lowest BCUT2D eigenvalue weighted by Crippen LogP contribution is -2.24. The van der Waals surface area contributed by atoms with Crippen LogP contribution >= 0.6 is 8.60 Å². The van der Waals surface area contributed by atoms with Crippen molar-refractivity contribution in [2.45, 2.75) is 77.6 Å². The van der Waals surface area contributed by atoms with Crippen LogP contribution in [0.25, 0.3) is 0 Å². The lowest BCUT2D eigenvalue weighted by molar-refractivity contribution is -0.0196. The molecule has 0 aromatic heterocycles. The quantitative estimate of drug-likeness (QED) is 0.577. The molecule has 0 amide bonds. The molecular formula is C13H27N2O5P. The third-order valence-electron chi connectivity index (χ3n) is 2.36. The number of aliphatic hydroxyl groups excluding tert-OH is 1. The van der Waals surface area contributed by atoms with Crippen molar-refractivity contribution in [3.05, 3.63) is 0 Å². The molecule has 3 atom stereocenters. The summed E-state index contributed by atoms with van der Waals surface area (Å²) in [6.07, 6.45) is -1.47. The van der Waals surface area contributed by atoms with Crippen molar-refractivity contribution in [1.82, 2.24) is 0 Å². The number of nitrogens with zero attached hydrogens (tertiary/aromatic N) is 1. The van der Waals surface area contributed by atoms with Crippen molar-refractivity contribution in [3.8, 4) is 0 Å². The van der Waals surface area contributed by atoms with Crippen molar-refractivity contribution in [3.63, 3.8) is 0 Å². The Balaban J connectivity index is 2.51. The highest BCUT2D eigenvalue weighted by Crippen LogP contribution is 2.47. The maximum absolute atomic E-state index is 9.65. The van der Waals surface area contributed by atoms with E-state index in [-0.39, 0.29) is 23.9 Å². The summed E-state index contributed by atoms with van der Waals surface area (Å²) in [4.78, 5) is 0. The Labute approximate surface area is 127 Å². The number of hydrogen-bond donors (Lipinski definition) is 2. The summed E-state index contributed by atoms with van der Waals surface area (Å²) in [5.41, 5.74) is 6.16. The third kappa shape index (κ3) is 7.58. The van der Waals surface area contributed by atoms with Gasteiger partial charge in [-0.1, -0.05) is 0 Å². The van der Waals surface area contributed by atoms with Crippen LogP contribution in [0.5, 0.6) is 0 Å². The molecule has 1 saturated heterocycles. The number of hydrogen-bond acceptors (Lipinski definition) is 7. The van der Waals surface area contributed by atoms with Crippen molar-refractivity contribution in [2.24, 2.45) is 5.11 Å². The molecule has 0 aliphatic carbocycles. The molecule has 7 nitrogen and oxygen atoms in total. The monoisotopic (exact) mass is 322 g/mol. The van der Waals surface area contributed by atoms with E-state index in [1.165, 1.54) is 0 Å². The molecule has 0 spiro atoms. The minimum absolute atomic E-state index is 0.237. The van der Waals surface area contributed by atoms with E-state index in [0.717, 1.165) is 0 Å². The van der Waals surface area contributed by atoms with Crippen LogP contribution in [0.4, 0.5) is 0 Å². The Hall–Kier alpha value is -0.170. The molecule has 1 heterocycles. The molecular weight excluding hydrogens is 295 g/mol. The topological polar surface area (TPSA) is 93.4 Å². The minimum atomic E-state index is -1.52. The van der Waals surface area contributed by atoms with Gasteiger partial charge in [-0.3, -0.25) is 0 Å². The fourth-order valence-corrected chi connectivity index (χ4v) is 2.94. The Kier molecular flexibility index (Phi) is 6.65. The van der Waals surface area contributed by atoms with Crippen LogP contribution in [0.15, 0.2) is 5.11 Å². The maximum atomic E-state index is 9.65. The van der Waals surface area contributed by atoms with E-state index >= 15 is 0 Å². The first-order chi connectivity index (χ1) is 9.50. The lowest BCUT2D eigenvalue weighted by atomic mass is 10.2. The summed E-state index contributed by atoms with van der Waals surface area (Å²) in [6, 6.07) is 0. The predicted molar refractivity (Wildman–Crippen MR) is 79.0 cm³/mol. The summed E-state index contributed by atoms with van der Waals surface area (Å²) in [5.74, 6) is 0. The van der Waals surface area contributed by atoms with E-state index in [2.05, 4.69) is 5.11 Å². The zero-order valence-corrected chi connectivity index (χ0v) is 14.5. The Morgan fingerprint density at radius 2 is 1.71 bits per heavy atom. The van der Waals surface area contributed by atoms with Gasteiger partial charge in [0, 0.05) is 6.42 Å². The maximum Gasteiger partial charge on any atom is 0.333 e. The number of rotatable bonds is 6. The Morgan fingerprint density at radius 3 is 2.10 bits per heavy atom. The van der Waals surface area contributed by atoms with Gasteiger partial charge in [0.15, 0.2) is 6.23 Å². The third-order valence-corrected chi connectivity index (χ3v) is 4.11. The van der Waals surface area contributed by atoms with Gasteiger partial charge < -0.3 is 23.4 Å². The average molecular weight is 322 g/mol. The van der Waals surface area contributed by atoms with Crippen LogP contribution in [0, 0.1) is 5.53 Å². The first-order valence-electron chi connectivity index (χ1n) is 7.01. The summed E-state index contributed by atoms with van der Waals surface area (Å²) in [6.45, 7) is 11.8. The Bertz CT molecular complexity index is 326. The van der Waals surface area contributed by atoms with E-state index in [1.54, 1.807) is 0 Å². The SMILES string of the molecule is CC(C)(C)OP(OC[C@@H]1C[C@H](O)[C@H](N=N)O1)OC(C)(C)C. The highest BCUT2D eigenvalue weighted by molar-refractivity contribution is 7.41. The molecule has 21 heavy (non-hydrogen) atoms. The molecule has 124 valence electrons. The molecule has 0 saturated carbocycles. The smallest absolute Gasteiger partial charge is 0.333 e. The van der Waals surface area contributed by atoms with Crippen molar-refractivity contribution in [2.75, 3.05) is 6.61 Å². The molecule has 1 fully saturated rings. The number of ether oxygens (including phenoxy) is 1. The summed E-state index contributed by atoms with van der Waals surface area (Å²) < 4.78 is 22.7. The van der Waals surface area contributed by atoms with Gasteiger partial charge in [-0.05, 0) is 41.5 Å². The second-order valence-corrected chi connectivity index (χ2v) is 8.08. The van der Waals surface area contributed by atoms with Crippen LogP contribution in [0.2, 0.25) is 0 Å². The first-order valence-corrected chi connectivity index (χ1v) is 8.11. The number of aliphatic hydroxyl groups is 1. The van der Waals surface area contributed by atoms with Crippen LogP contribution in [-0.2, 0) is 18.3 Å². The van der Waals surface area contributed by atoms with Gasteiger partial charge in [0.2, 0.25) is 0 Å². The van der Waals surface area contributed by atoms with Crippen LogP contribution < -0.4 is 0 Å². The van der Waals surface area contributed by atoms with Crippen molar-refractivity contribution >= 4 is 8.60 Å². The van der Waals surface area contributed by atoms with Crippen molar-refractivity contribution < 1.29 is 23.4 Å². The predicted octanol–water partition coefficient (Wildman–Crippen LogP) is 3.37. The summed E-state index contributed by atoms with van der Waals surface area (Å²) in [7, 11) is -1.52. The highest BCUT2D eigenvalue weighted by atomic mass is 31.2. The highest BCUT2D eigenvalue weighted by Gasteiger charge is 2.35. The largest absolute Gasteiger partial charge is 0.388 e. The van der Waals surface area contributed by atoms with Gasteiger partial charge in [-0.25, -0.2) is 5.53 Å². The zero-order chi connectivity index (χ0) is 16.3. The minimum Gasteiger partial charge on any atom is -0.388 e. The summed E-state index contributed by atoms with van der Waals surface area (Å²) in [5, 5.41) is 12.9. The summed E-state index contributed by atoms with van der Waals surface area (Å²) >= 11 is 0. The molecule has 0 aromatic rings. The molecule has 1 aliphatic heterocycles. The fraction of sp³-hybridized carbons (Fsp3) is 1.00. The molecule has 1 aliphatic rings. The van der Waals surface area contributed by atoms with Crippen LogP contribution in [0.3, 0.4) is 0 Å². The van der Waals surface area contributed by atoms with Gasteiger partial charge in [-0.15, -0.1) is 0 Å². The van der Waals surface area contributed by atoms with Gasteiger partial charge in [0.25, 0.3) is 0 Å². The van der Waals surface area contributed by atoms with E-state index < -0.39 is 20.9 Å². The standard InChI is InChI=1S/C13H27N2O5P/c1-12(2,3)19-21(20-13(4,5)6)17-8-9-7-10(16)11(15-14)18-9/h9-11,14,16H,7-8H2,1-6H3/t9-,10-,11+/m0/s1. The number of nitrogens with one attached hydrogen (secondary N) is 1. The van der Waals surface area contributed by atoms with E-state index in [0.29, 0.717) is 6.42 Å². The van der Waals surface area contributed by atoms with Crippen LogP contribution in [-0.4, -0.2) is 41.4 Å². The van der Waals surface area contributed by atoms with Gasteiger partial charge in [-0.2, -0.15) is 5.11 Å². The first kappa shape index (κ1) is 18.9. The average Bonchev–Trinajstić information content (AvgIpc) is 2.62. The molecule has 0 radical (unpaired) electrons. The van der Waals surface area contributed by atoms with E-state index in [4.69, 9.17) is 23.8 Å². The zero-order valence-electron chi connectivity index (χ0n) is 13.6. The molecule has 0 bridgehead atoms. The molecule has 8 heteroatoms. The van der Waals surface area contributed by atoms with Crippen molar-refractivity contribution in [1.29, 1.82) is 5.53 Å². The van der Waals surface area contributed by atoms with Gasteiger partial charge in [0.1, 0.15) is 6.10 Å². The Morgan fingerprint density at radius 1 is 1.19 bits per heavy atom. The molecule has 1 rings (SSSR count). The molecule has 2 N–H and O–H groups in total. The molecule has 0 aromatic carbocycles. The van der Waals surface area contributed by atoms with Gasteiger partial charge in [0.05, 0.1) is 23.9 Å². The van der Waals surface area contributed by atoms with E-state index in [9.17, 15) is 5.11 Å². The normalized spacial score (nSPS) is 27.3. The fourth-order valence-electron chi connectivity index (χ4n) is 1.62. The van der Waals surface area contributed by atoms with Gasteiger partial charge >= 0.3 is 8.60 Å². The van der Waals surface area contributed by atoms with E-state index in [1.807, 2.05) is 41.5 Å².